The second-order valence-electron chi connectivity index (χ2n) is 9.27. The molecule has 0 aliphatic rings. The number of nitrogens with zero attached hydrogens (tertiary/aromatic N) is 1. The number of hydrogen-bond acceptors (Lipinski definition) is 4. The standard InChI is InChI=1S/C18H35ClF2N2O4Si/c1-16(2,3)27-15(25)22-12-18(20,21)13-23(14(24)11-19)9-10-26-28(7,8)17(4,5)6/h9-13H2,1-8H3,(H,22,25). The van der Waals surface area contributed by atoms with Crippen molar-refractivity contribution in [3.05, 3.63) is 0 Å². The first kappa shape index (κ1) is 27.1. The van der Waals surface area contributed by atoms with Crippen LogP contribution in [0.2, 0.25) is 18.1 Å². The Kier molecular flexibility index (Phi) is 9.86. The Hall–Kier alpha value is -0.933. The van der Waals surface area contributed by atoms with Crippen LogP contribution in [-0.4, -0.2) is 68.9 Å². The SMILES string of the molecule is CC(C)(C)OC(=O)NCC(F)(F)CN(CCO[Si](C)(C)C(C)(C)C)C(=O)CCl. The molecule has 0 saturated carbocycles. The van der Waals surface area contributed by atoms with E-state index in [1.54, 1.807) is 20.8 Å². The second kappa shape index (κ2) is 10.2. The average Bonchev–Trinajstić information content (AvgIpc) is 2.48. The molecule has 0 spiro atoms. The summed E-state index contributed by atoms with van der Waals surface area (Å²) in [6.07, 6.45) is -0.941. The zero-order valence-electron chi connectivity index (χ0n) is 18.2. The monoisotopic (exact) mass is 444 g/mol. The van der Waals surface area contributed by atoms with Gasteiger partial charge in [-0.2, -0.15) is 0 Å². The molecule has 0 unspecified atom stereocenters. The van der Waals surface area contributed by atoms with Crippen LogP contribution in [0, 0.1) is 0 Å². The summed E-state index contributed by atoms with van der Waals surface area (Å²) < 4.78 is 39.4. The summed E-state index contributed by atoms with van der Waals surface area (Å²) in [4.78, 5) is 24.5. The molecule has 6 nitrogen and oxygen atoms in total. The number of carbonyl (C=O) groups is 2. The minimum atomic E-state index is -3.34. The lowest BCUT2D eigenvalue weighted by Gasteiger charge is -2.37. The van der Waals surface area contributed by atoms with Gasteiger partial charge in [0, 0.05) is 6.54 Å². The number of hydrogen-bond donors (Lipinski definition) is 1. The molecule has 0 aromatic rings. The molecule has 0 atom stereocenters. The molecule has 0 heterocycles. The number of amides is 2. The summed E-state index contributed by atoms with van der Waals surface area (Å²) in [6, 6.07) is 0. The Bertz CT molecular complexity index is 535. The van der Waals surface area contributed by atoms with Crippen molar-refractivity contribution < 1.29 is 27.5 Å². The number of halogens is 3. The molecular formula is C18H35ClF2N2O4Si. The van der Waals surface area contributed by atoms with Crippen molar-refractivity contribution in [1.29, 1.82) is 0 Å². The van der Waals surface area contributed by atoms with Gasteiger partial charge in [0.1, 0.15) is 11.5 Å². The van der Waals surface area contributed by atoms with E-state index in [1.165, 1.54) is 0 Å². The van der Waals surface area contributed by atoms with Crippen molar-refractivity contribution in [3.63, 3.8) is 0 Å². The first-order valence-electron chi connectivity index (χ1n) is 9.22. The van der Waals surface area contributed by atoms with E-state index in [2.05, 4.69) is 20.8 Å². The largest absolute Gasteiger partial charge is 0.444 e. The molecule has 0 radical (unpaired) electrons. The quantitative estimate of drug-likeness (QED) is 0.426. The highest BCUT2D eigenvalue weighted by molar-refractivity contribution is 6.74. The van der Waals surface area contributed by atoms with Crippen molar-refractivity contribution in [3.8, 4) is 0 Å². The first-order chi connectivity index (χ1) is 12.4. The molecule has 10 heteroatoms. The van der Waals surface area contributed by atoms with Gasteiger partial charge in [0.05, 0.1) is 19.7 Å². The van der Waals surface area contributed by atoms with Crippen molar-refractivity contribution in [1.82, 2.24) is 10.2 Å². The van der Waals surface area contributed by atoms with Crippen molar-refractivity contribution in [2.24, 2.45) is 0 Å². The number of rotatable bonds is 9. The van der Waals surface area contributed by atoms with Gasteiger partial charge in [-0.25, -0.2) is 13.6 Å². The summed E-state index contributed by atoms with van der Waals surface area (Å²) in [5.41, 5.74) is -0.791. The van der Waals surface area contributed by atoms with Gasteiger partial charge in [-0.1, -0.05) is 20.8 Å². The van der Waals surface area contributed by atoms with E-state index in [1.807, 2.05) is 18.4 Å². The molecule has 166 valence electrons. The van der Waals surface area contributed by atoms with E-state index in [4.69, 9.17) is 20.8 Å². The average molecular weight is 445 g/mol. The molecule has 0 aliphatic carbocycles. The lowest BCUT2D eigenvalue weighted by molar-refractivity contribution is -0.134. The summed E-state index contributed by atoms with van der Waals surface area (Å²) in [6.45, 7) is 13.5. The predicted molar refractivity (Wildman–Crippen MR) is 110 cm³/mol. The van der Waals surface area contributed by atoms with Crippen LogP contribution in [-0.2, 0) is 14.0 Å². The van der Waals surface area contributed by atoms with Crippen LogP contribution in [0.15, 0.2) is 0 Å². The Morgan fingerprint density at radius 1 is 1.11 bits per heavy atom. The lowest BCUT2D eigenvalue weighted by Crippen LogP contribution is -2.50. The molecule has 0 aromatic heterocycles. The van der Waals surface area contributed by atoms with Gasteiger partial charge in [-0.05, 0) is 38.9 Å². The zero-order chi connectivity index (χ0) is 22.4. The number of carbonyl (C=O) groups excluding carboxylic acids is 2. The Labute approximate surface area is 173 Å². The minimum absolute atomic E-state index is 0.0000902. The number of alkyl halides is 3. The van der Waals surface area contributed by atoms with Crippen LogP contribution in [0.5, 0.6) is 0 Å². The highest BCUT2D eigenvalue weighted by Crippen LogP contribution is 2.36. The highest BCUT2D eigenvalue weighted by Gasteiger charge is 2.38. The topological polar surface area (TPSA) is 67.9 Å². The van der Waals surface area contributed by atoms with E-state index in [9.17, 15) is 18.4 Å². The molecule has 1 N–H and O–H groups in total. The minimum Gasteiger partial charge on any atom is -0.444 e. The van der Waals surface area contributed by atoms with Gasteiger partial charge in [0.2, 0.25) is 5.91 Å². The molecule has 2 amide bonds. The smallest absolute Gasteiger partial charge is 0.407 e. The van der Waals surface area contributed by atoms with Crippen molar-refractivity contribution >= 4 is 31.9 Å². The maximum atomic E-state index is 14.3. The van der Waals surface area contributed by atoms with E-state index >= 15 is 0 Å². The van der Waals surface area contributed by atoms with Crippen molar-refractivity contribution in [2.75, 3.05) is 32.1 Å². The van der Waals surface area contributed by atoms with Gasteiger partial charge in [-0.15, -0.1) is 11.6 Å². The third-order valence-electron chi connectivity index (χ3n) is 4.41. The first-order valence-corrected chi connectivity index (χ1v) is 12.7. The van der Waals surface area contributed by atoms with E-state index in [0.29, 0.717) is 0 Å². The fourth-order valence-corrected chi connectivity index (χ4v) is 3.06. The maximum Gasteiger partial charge on any atom is 0.407 e. The van der Waals surface area contributed by atoms with Crippen molar-refractivity contribution in [2.45, 2.75) is 71.2 Å². The van der Waals surface area contributed by atoms with E-state index in [0.717, 1.165) is 4.90 Å². The van der Waals surface area contributed by atoms with Crippen LogP contribution in [0.4, 0.5) is 13.6 Å². The molecule has 0 fully saturated rings. The Morgan fingerprint density at radius 2 is 1.64 bits per heavy atom. The molecule has 0 aliphatic heterocycles. The number of alkyl carbamates (subject to hydrolysis) is 1. The summed E-state index contributed by atoms with van der Waals surface area (Å²) in [7, 11) is -2.06. The van der Waals surface area contributed by atoms with Crippen LogP contribution < -0.4 is 5.32 Å². The van der Waals surface area contributed by atoms with Crippen LogP contribution in [0.3, 0.4) is 0 Å². The molecule has 28 heavy (non-hydrogen) atoms. The van der Waals surface area contributed by atoms with Gasteiger partial charge < -0.3 is 19.4 Å². The molecule has 0 saturated heterocycles. The van der Waals surface area contributed by atoms with E-state index < -0.39 is 50.8 Å². The summed E-state index contributed by atoms with van der Waals surface area (Å²) >= 11 is 5.56. The molecule has 0 aromatic carbocycles. The zero-order valence-corrected chi connectivity index (χ0v) is 20.0. The Morgan fingerprint density at radius 3 is 2.07 bits per heavy atom. The van der Waals surface area contributed by atoms with Gasteiger partial charge in [0.25, 0.3) is 5.92 Å². The third kappa shape index (κ3) is 10.6. The van der Waals surface area contributed by atoms with Gasteiger partial charge >= 0.3 is 6.09 Å². The van der Waals surface area contributed by atoms with Gasteiger partial charge in [-0.3, -0.25) is 4.79 Å². The second-order valence-corrected chi connectivity index (χ2v) is 14.3. The maximum absolute atomic E-state index is 14.3. The molecule has 0 bridgehead atoms. The summed E-state index contributed by atoms with van der Waals surface area (Å²) in [5, 5.41) is 2.00. The number of nitrogens with one attached hydrogen (secondary N) is 1. The van der Waals surface area contributed by atoms with Crippen LogP contribution in [0.1, 0.15) is 41.5 Å². The number of ether oxygens (including phenoxy) is 1. The van der Waals surface area contributed by atoms with Gasteiger partial charge in [0.15, 0.2) is 8.32 Å². The third-order valence-corrected chi connectivity index (χ3v) is 9.18. The van der Waals surface area contributed by atoms with Crippen LogP contribution in [0.25, 0.3) is 0 Å². The summed E-state index contributed by atoms with van der Waals surface area (Å²) in [5.74, 6) is -4.36. The molecule has 0 rings (SSSR count). The normalized spacial score (nSPS) is 13.2. The Balaban J connectivity index is 4.81. The predicted octanol–water partition coefficient (Wildman–Crippen LogP) is 4.24. The fourth-order valence-electron chi connectivity index (χ4n) is 1.85. The molecular weight excluding hydrogens is 410 g/mol. The highest BCUT2D eigenvalue weighted by atomic mass is 35.5. The van der Waals surface area contributed by atoms with Crippen LogP contribution >= 0.6 is 11.6 Å². The van der Waals surface area contributed by atoms with E-state index in [-0.39, 0.29) is 18.2 Å². The fraction of sp³-hybridized carbons (Fsp3) is 0.889. The lowest BCUT2D eigenvalue weighted by atomic mass is 10.2.